The standard InChI is InChI=1S/C94H60B2N4S/c1-9-27-61(28-10-1)69-48-52-81-80(59-69)96-79-51-50-78-89-90(79)100(85-46-25-43-82(88(85)96)97(81)75-55-71(63-31-13-3-14-32-63)53-72(56-75)64-33-15-4-16-34-64)92-91(93(67-39-21-7-22-40-67)101-94(92)68-41-23-8-24-42-68)99(89)84-45-26-44-83-87(84)95(78)77-49-47-70(62-29-11-2-12-30-62)60-86(77)98(83)76-57-73(65-35-17-5-18-36-65)54-74(58-76)66-37-19-6-20-38-66/h1-60H. The first-order valence-corrected chi connectivity index (χ1v) is 35.8. The minimum Gasteiger partial charge on any atom is -0.311 e. The van der Waals surface area contributed by atoms with Crippen molar-refractivity contribution in [1.29, 1.82) is 0 Å². The quantitative estimate of drug-likeness (QED) is 0.127. The van der Waals surface area contributed by atoms with Crippen LogP contribution in [0.5, 0.6) is 0 Å². The third-order valence-electron chi connectivity index (χ3n) is 21.5. The normalized spacial score (nSPS) is 13.0. The van der Waals surface area contributed by atoms with Crippen molar-refractivity contribution in [2.24, 2.45) is 0 Å². The SMILES string of the molecule is c1ccc(-c2cc(-c3ccccc3)cc(N3c4ccc(-c5ccccc5)cc4B4c5ccc6c7c5N(c5cccc3c54)c3c(-c4ccccc4)sc(-c4ccccc4)c3N7c3cccc4c3B6c3ccc(-c5ccccc5)cc3N4c3cc(-c4ccccc4)cc(-c4ccccc4)c3)c2)cc1. The summed E-state index contributed by atoms with van der Waals surface area (Å²) in [5.41, 5.74) is 38.2. The summed E-state index contributed by atoms with van der Waals surface area (Å²) in [5.74, 6) is 0. The second-order valence-electron chi connectivity index (χ2n) is 27.0. The summed E-state index contributed by atoms with van der Waals surface area (Å²) < 4.78 is 0. The molecule has 0 unspecified atom stereocenters. The molecule has 16 aromatic rings. The van der Waals surface area contributed by atoms with Crippen molar-refractivity contribution in [3.8, 4) is 87.6 Å². The summed E-state index contributed by atoms with van der Waals surface area (Å²) in [6.45, 7) is -0.321. The van der Waals surface area contributed by atoms with Crippen LogP contribution in [0.4, 0.5) is 68.2 Å². The van der Waals surface area contributed by atoms with Crippen LogP contribution in [0, 0.1) is 0 Å². The largest absolute Gasteiger partial charge is 0.311 e. The average molecular weight is 1300 g/mol. The van der Waals surface area contributed by atoms with Crippen molar-refractivity contribution < 1.29 is 0 Å². The van der Waals surface area contributed by atoms with Crippen molar-refractivity contribution in [2.45, 2.75) is 0 Å². The van der Waals surface area contributed by atoms with E-state index >= 15 is 0 Å². The van der Waals surface area contributed by atoms with Crippen LogP contribution in [0.1, 0.15) is 0 Å². The highest BCUT2D eigenvalue weighted by molar-refractivity contribution is 7.20. The number of benzene rings is 15. The molecule has 468 valence electrons. The first kappa shape index (κ1) is 57.4. The predicted octanol–water partition coefficient (Wildman–Crippen LogP) is 21.6. The van der Waals surface area contributed by atoms with Gasteiger partial charge in [0.05, 0.1) is 32.5 Å². The van der Waals surface area contributed by atoms with E-state index in [0.29, 0.717) is 0 Å². The van der Waals surface area contributed by atoms with Crippen LogP contribution < -0.4 is 52.4 Å². The van der Waals surface area contributed by atoms with Gasteiger partial charge in [-0.3, -0.25) is 0 Å². The lowest BCUT2D eigenvalue weighted by atomic mass is 9.31. The molecule has 0 saturated carbocycles. The lowest BCUT2D eigenvalue weighted by Crippen LogP contribution is -2.65. The molecule has 0 radical (unpaired) electrons. The molecule has 15 aromatic carbocycles. The Morgan fingerprint density at radius 1 is 0.178 bits per heavy atom. The van der Waals surface area contributed by atoms with Gasteiger partial charge < -0.3 is 19.6 Å². The maximum Gasteiger partial charge on any atom is 0.252 e. The number of fused-ring (bicyclic) bond motifs is 11. The molecule has 0 fully saturated rings. The van der Waals surface area contributed by atoms with Crippen LogP contribution in [0.25, 0.3) is 87.6 Å². The molecule has 5 aliphatic heterocycles. The summed E-state index contributed by atoms with van der Waals surface area (Å²) >= 11 is 1.91. The zero-order valence-electron chi connectivity index (χ0n) is 55.0. The van der Waals surface area contributed by atoms with Crippen LogP contribution in [0.3, 0.4) is 0 Å². The van der Waals surface area contributed by atoms with Gasteiger partial charge in [-0.05, 0) is 183 Å². The van der Waals surface area contributed by atoms with Crippen LogP contribution in [0.15, 0.2) is 364 Å². The van der Waals surface area contributed by atoms with E-state index in [4.69, 9.17) is 0 Å². The Bertz CT molecular complexity index is 5860. The van der Waals surface area contributed by atoms with Crippen molar-refractivity contribution >= 4 is 126 Å². The van der Waals surface area contributed by atoms with Crippen LogP contribution in [-0.4, -0.2) is 13.4 Å². The molecule has 21 rings (SSSR count). The van der Waals surface area contributed by atoms with Gasteiger partial charge in [0.15, 0.2) is 0 Å². The Morgan fingerprint density at radius 2 is 0.485 bits per heavy atom. The van der Waals surface area contributed by atoms with Crippen molar-refractivity contribution in [2.75, 3.05) is 19.6 Å². The van der Waals surface area contributed by atoms with E-state index in [9.17, 15) is 0 Å². The Balaban J connectivity index is 0.867. The molecule has 101 heavy (non-hydrogen) atoms. The van der Waals surface area contributed by atoms with E-state index in [2.05, 4.69) is 384 Å². The van der Waals surface area contributed by atoms with Gasteiger partial charge in [-0.15, -0.1) is 11.3 Å². The van der Waals surface area contributed by atoms with E-state index in [1.807, 2.05) is 11.3 Å². The molecular formula is C94H60B2N4S. The fourth-order valence-electron chi connectivity index (χ4n) is 17.1. The lowest BCUT2D eigenvalue weighted by Gasteiger charge is -2.52. The highest BCUT2D eigenvalue weighted by Crippen LogP contribution is 2.65. The van der Waals surface area contributed by atoms with Gasteiger partial charge in [-0.2, -0.15) is 0 Å². The minimum atomic E-state index is -0.166. The first-order valence-electron chi connectivity index (χ1n) is 34.9. The van der Waals surface area contributed by atoms with Crippen molar-refractivity contribution in [3.05, 3.63) is 364 Å². The third kappa shape index (κ3) is 8.96. The van der Waals surface area contributed by atoms with E-state index in [0.717, 1.165) is 39.3 Å². The van der Waals surface area contributed by atoms with Crippen molar-refractivity contribution in [3.63, 3.8) is 0 Å². The summed E-state index contributed by atoms with van der Waals surface area (Å²) in [7, 11) is 0. The molecule has 0 aliphatic carbocycles. The van der Waals surface area contributed by atoms with Crippen LogP contribution >= 0.6 is 11.3 Å². The molecular weight excluding hydrogens is 1240 g/mol. The number of hydrogen-bond donors (Lipinski definition) is 0. The summed E-state index contributed by atoms with van der Waals surface area (Å²) in [6, 6.07) is 136. The monoisotopic (exact) mass is 1300 g/mol. The van der Waals surface area contributed by atoms with Gasteiger partial charge in [-0.25, -0.2) is 0 Å². The highest BCUT2D eigenvalue weighted by Gasteiger charge is 2.53. The molecule has 4 nitrogen and oxygen atoms in total. The maximum atomic E-state index is 2.74. The molecule has 5 aliphatic rings. The molecule has 0 atom stereocenters. The second-order valence-corrected chi connectivity index (χ2v) is 28.1. The topological polar surface area (TPSA) is 13.0 Å². The Labute approximate surface area is 593 Å². The molecule has 0 spiro atoms. The summed E-state index contributed by atoms with van der Waals surface area (Å²) in [5, 5.41) is 0. The smallest absolute Gasteiger partial charge is 0.252 e. The number of thiophene rings is 1. The van der Waals surface area contributed by atoms with E-state index in [1.165, 1.54) is 149 Å². The van der Waals surface area contributed by atoms with Crippen LogP contribution in [-0.2, 0) is 0 Å². The van der Waals surface area contributed by atoms with Crippen LogP contribution in [0.2, 0.25) is 0 Å². The number of anilines is 12. The summed E-state index contributed by atoms with van der Waals surface area (Å²) in [6.07, 6.45) is 0. The first-order chi connectivity index (χ1) is 50.1. The number of rotatable bonds is 10. The van der Waals surface area contributed by atoms with Gasteiger partial charge in [0.2, 0.25) is 0 Å². The molecule has 0 amide bonds. The predicted molar refractivity (Wildman–Crippen MR) is 429 cm³/mol. The van der Waals surface area contributed by atoms with E-state index in [1.54, 1.807) is 0 Å². The van der Waals surface area contributed by atoms with E-state index < -0.39 is 0 Å². The van der Waals surface area contributed by atoms with Crippen molar-refractivity contribution in [1.82, 2.24) is 0 Å². The third-order valence-corrected chi connectivity index (χ3v) is 22.7. The Hall–Kier alpha value is -12.7. The number of nitrogens with zero attached hydrogens (tertiary/aromatic N) is 4. The molecule has 7 heteroatoms. The highest BCUT2D eigenvalue weighted by atomic mass is 32.1. The Kier molecular flexibility index (Phi) is 13.1. The zero-order valence-corrected chi connectivity index (χ0v) is 55.8. The van der Waals surface area contributed by atoms with E-state index in [-0.39, 0.29) is 13.4 Å². The van der Waals surface area contributed by atoms with Gasteiger partial charge >= 0.3 is 0 Å². The molecule has 0 saturated heterocycles. The van der Waals surface area contributed by atoms with Gasteiger partial charge in [0, 0.05) is 45.5 Å². The van der Waals surface area contributed by atoms with Gasteiger partial charge in [0.25, 0.3) is 13.4 Å². The molecule has 0 bridgehead atoms. The molecule has 1 aromatic heterocycles. The fourth-order valence-corrected chi connectivity index (χ4v) is 18.4. The second kappa shape index (κ2) is 23.0. The lowest BCUT2D eigenvalue weighted by molar-refractivity contribution is 1.18. The zero-order chi connectivity index (χ0) is 66.2. The number of hydrogen-bond acceptors (Lipinski definition) is 5. The molecule has 6 heterocycles. The minimum absolute atomic E-state index is 0.155. The summed E-state index contributed by atoms with van der Waals surface area (Å²) in [4.78, 5) is 13.1. The fraction of sp³-hybridized carbons (Fsp3) is 0. The van der Waals surface area contributed by atoms with Gasteiger partial charge in [-0.1, -0.05) is 291 Å². The Morgan fingerprint density at radius 3 is 0.871 bits per heavy atom. The molecule has 0 N–H and O–H groups in total. The van der Waals surface area contributed by atoms with Gasteiger partial charge in [0.1, 0.15) is 0 Å². The maximum absolute atomic E-state index is 2.74. The average Bonchev–Trinajstić information content (AvgIpc) is 1.63.